The second-order valence-corrected chi connectivity index (χ2v) is 13.8. The molecular weight excluding hydrogens is 492 g/mol. The highest BCUT2D eigenvalue weighted by Gasteiger charge is 2.66. The minimum atomic E-state index is -0.713. The first-order valence-electron chi connectivity index (χ1n) is 15.6. The van der Waals surface area contributed by atoms with Crippen LogP contribution >= 0.6 is 0 Å². The van der Waals surface area contributed by atoms with E-state index in [0.29, 0.717) is 18.4 Å². The number of aliphatic hydroxyl groups is 1. The molecular formula is C32H50N2O5. The Kier molecular flexibility index (Phi) is 8.23. The molecule has 1 aromatic rings. The van der Waals surface area contributed by atoms with Crippen molar-refractivity contribution >= 4 is 6.09 Å². The van der Waals surface area contributed by atoms with E-state index in [1.165, 1.54) is 18.9 Å². The molecule has 5 rings (SSSR count). The van der Waals surface area contributed by atoms with Crippen LogP contribution in [0.5, 0.6) is 0 Å². The van der Waals surface area contributed by atoms with Crippen molar-refractivity contribution in [1.29, 1.82) is 0 Å². The number of ether oxygens (including phenoxy) is 1. The van der Waals surface area contributed by atoms with Crippen LogP contribution in [0.3, 0.4) is 0 Å². The first-order valence-corrected chi connectivity index (χ1v) is 15.6. The molecule has 39 heavy (non-hydrogen) atoms. The third-order valence-electron chi connectivity index (χ3n) is 11.8. The molecule has 1 aromatic heterocycles. The molecule has 0 unspecified atom stereocenters. The zero-order valence-corrected chi connectivity index (χ0v) is 24.5. The predicted molar refractivity (Wildman–Crippen MR) is 152 cm³/mol. The highest BCUT2D eigenvalue weighted by molar-refractivity contribution is 5.67. The number of nitrogens with zero attached hydrogens (tertiary/aromatic N) is 1. The number of hydrogen-bond donors (Lipinski definition) is 2. The molecule has 7 atom stereocenters. The van der Waals surface area contributed by atoms with Crippen molar-refractivity contribution in [2.45, 2.75) is 110 Å². The van der Waals surface area contributed by atoms with Crippen LogP contribution in [0.15, 0.2) is 27.6 Å². The van der Waals surface area contributed by atoms with Crippen molar-refractivity contribution in [2.24, 2.45) is 28.6 Å². The summed E-state index contributed by atoms with van der Waals surface area (Å²) >= 11 is 0. The Morgan fingerprint density at radius 2 is 1.90 bits per heavy atom. The van der Waals surface area contributed by atoms with E-state index in [2.05, 4.69) is 37.9 Å². The Balaban J connectivity index is 1.22. The molecule has 7 nitrogen and oxygen atoms in total. The number of carbonyl (C=O) groups excluding carboxylic acids is 1. The van der Waals surface area contributed by atoms with Crippen molar-refractivity contribution in [1.82, 2.24) is 10.2 Å². The van der Waals surface area contributed by atoms with Crippen LogP contribution in [0, 0.1) is 28.6 Å². The minimum absolute atomic E-state index is 0.0562. The van der Waals surface area contributed by atoms with Gasteiger partial charge < -0.3 is 24.5 Å². The standard InChI is InChI=1S/C32H50N2O5/c1-5-24(39-29(36)33-16-19-34-17-6-7-18-34)20-23-9-10-27-26(30(23,2)3)12-14-31(4)25(13-15-32(27,31)37)22-8-11-28(35)38-21-22/h8,11,21,23-27,37H,5-7,9-10,12-20H2,1-4H3,(H,33,36)/t23-,24+,25-,26+,27-,31-,32+/m1/s1. The number of alkyl carbamates (subject to hydrolysis) is 1. The normalized spacial score (nSPS) is 36.6. The van der Waals surface area contributed by atoms with E-state index in [1.807, 2.05) is 6.07 Å². The second-order valence-electron chi connectivity index (χ2n) is 13.8. The van der Waals surface area contributed by atoms with E-state index in [-0.39, 0.29) is 40.5 Å². The van der Waals surface area contributed by atoms with Crippen molar-refractivity contribution in [3.63, 3.8) is 0 Å². The van der Waals surface area contributed by atoms with Gasteiger partial charge in [0.1, 0.15) is 6.10 Å². The fourth-order valence-electron chi connectivity index (χ4n) is 9.30. The zero-order valence-electron chi connectivity index (χ0n) is 24.5. The zero-order chi connectivity index (χ0) is 27.8. The van der Waals surface area contributed by atoms with E-state index >= 15 is 0 Å². The maximum absolute atomic E-state index is 12.6. The van der Waals surface area contributed by atoms with Crippen LogP contribution < -0.4 is 10.9 Å². The summed E-state index contributed by atoms with van der Waals surface area (Å²) in [5, 5.41) is 15.4. The maximum atomic E-state index is 12.6. The topological polar surface area (TPSA) is 92.0 Å². The van der Waals surface area contributed by atoms with Gasteiger partial charge in [0.05, 0.1) is 11.9 Å². The fraction of sp³-hybridized carbons (Fsp3) is 0.812. The molecule has 3 aliphatic carbocycles. The number of carbonyl (C=O) groups is 1. The van der Waals surface area contributed by atoms with Gasteiger partial charge in [0.25, 0.3) is 0 Å². The number of fused-ring (bicyclic) bond motifs is 3. The van der Waals surface area contributed by atoms with E-state index in [4.69, 9.17) is 9.15 Å². The summed E-state index contributed by atoms with van der Waals surface area (Å²) in [7, 11) is 0. The smallest absolute Gasteiger partial charge is 0.407 e. The molecule has 7 heteroatoms. The predicted octanol–water partition coefficient (Wildman–Crippen LogP) is 5.71. The lowest BCUT2D eigenvalue weighted by Crippen LogP contribution is -2.60. The molecule has 0 spiro atoms. The molecule has 1 aliphatic heterocycles. The van der Waals surface area contributed by atoms with E-state index in [0.717, 1.165) is 76.6 Å². The molecule has 2 N–H and O–H groups in total. The molecule has 2 heterocycles. The number of likely N-dealkylation sites (tertiary alicyclic amines) is 1. The summed E-state index contributed by atoms with van der Waals surface area (Å²) in [6.07, 6.45) is 11.3. The largest absolute Gasteiger partial charge is 0.446 e. The number of hydrogen-bond acceptors (Lipinski definition) is 6. The van der Waals surface area contributed by atoms with Crippen molar-refractivity contribution in [3.8, 4) is 0 Å². The van der Waals surface area contributed by atoms with Crippen LogP contribution in [0.2, 0.25) is 0 Å². The molecule has 3 saturated carbocycles. The fourth-order valence-corrected chi connectivity index (χ4v) is 9.30. The lowest BCUT2D eigenvalue weighted by atomic mass is 9.45. The lowest BCUT2D eigenvalue weighted by Gasteiger charge is -2.61. The summed E-state index contributed by atoms with van der Waals surface area (Å²) in [5.41, 5.74) is -0.162. The van der Waals surface area contributed by atoms with Crippen LogP contribution in [-0.2, 0) is 4.74 Å². The maximum Gasteiger partial charge on any atom is 0.407 e. The first-order chi connectivity index (χ1) is 18.6. The second kappa shape index (κ2) is 11.2. The van der Waals surface area contributed by atoms with Gasteiger partial charge in [0.2, 0.25) is 0 Å². The number of rotatable bonds is 8. The third kappa shape index (κ3) is 5.30. The van der Waals surface area contributed by atoms with Crippen molar-refractivity contribution in [2.75, 3.05) is 26.2 Å². The van der Waals surface area contributed by atoms with Gasteiger partial charge >= 0.3 is 11.7 Å². The van der Waals surface area contributed by atoms with Gasteiger partial charge in [0.15, 0.2) is 0 Å². The third-order valence-corrected chi connectivity index (χ3v) is 11.8. The average Bonchev–Trinajstić information content (AvgIpc) is 3.51. The summed E-state index contributed by atoms with van der Waals surface area (Å²) in [4.78, 5) is 26.5. The summed E-state index contributed by atoms with van der Waals surface area (Å²) in [6.45, 7) is 13.0. The van der Waals surface area contributed by atoms with E-state index in [1.54, 1.807) is 6.26 Å². The highest BCUT2D eigenvalue weighted by atomic mass is 16.6. The van der Waals surface area contributed by atoms with Crippen molar-refractivity contribution < 1.29 is 19.1 Å². The van der Waals surface area contributed by atoms with Gasteiger partial charge in [-0.2, -0.15) is 0 Å². The SMILES string of the molecule is CC[C@@H](C[C@H]1CC[C@@H]2[C@H](CC[C@]3(C)[C@@H](c4ccc(=O)oc4)CC[C@]23O)C1(C)C)OC(=O)NCCN1CCCC1. The van der Waals surface area contributed by atoms with Crippen LogP contribution in [0.1, 0.15) is 103 Å². The molecule has 4 fully saturated rings. The minimum Gasteiger partial charge on any atom is -0.446 e. The van der Waals surface area contributed by atoms with E-state index in [9.17, 15) is 14.7 Å². The van der Waals surface area contributed by atoms with Gasteiger partial charge in [-0.3, -0.25) is 0 Å². The number of nitrogens with one attached hydrogen (secondary N) is 1. The van der Waals surface area contributed by atoms with E-state index < -0.39 is 5.60 Å². The molecule has 1 saturated heterocycles. The summed E-state index contributed by atoms with van der Waals surface area (Å²) < 4.78 is 11.1. The monoisotopic (exact) mass is 542 g/mol. The highest BCUT2D eigenvalue weighted by Crippen LogP contribution is 2.69. The van der Waals surface area contributed by atoms with Gasteiger partial charge in [-0.25, -0.2) is 9.59 Å². The molecule has 0 bridgehead atoms. The Morgan fingerprint density at radius 3 is 2.59 bits per heavy atom. The van der Waals surface area contributed by atoms with Gasteiger partial charge in [-0.1, -0.05) is 27.7 Å². The van der Waals surface area contributed by atoms with Crippen LogP contribution in [0.4, 0.5) is 4.79 Å². The molecule has 0 radical (unpaired) electrons. The summed E-state index contributed by atoms with van der Waals surface area (Å²) in [6, 6.07) is 3.41. The van der Waals surface area contributed by atoms with Gasteiger partial charge in [0, 0.05) is 24.6 Å². The lowest BCUT2D eigenvalue weighted by molar-refractivity contribution is -0.194. The first kappa shape index (κ1) is 28.7. The Bertz CT molecular complexity index is 1040. The molecule has 0 aromatic carbocycles. The Labute approximate surface area is 234 Å². The van der Waals surface area contributed by atoms with Crippen molar-refractivity contribution in [3.05, 3.63) is 34.4 Å². The average molecular weight is 543 g/mol. The van der Waals surface area contributed by atoms with Gasteiger partial charge in [-0.05, 0) is 118 Å². The Morgan fingerprint density at radius 1 is 1.13 bits per heavy atom. The molecule has 4 aliphatic rings. The molecule has 1 amide bonds. The van der Waals surface area contributed by atoms with Gasteiger partial charge in [-0.15, -0.1) is 0 Å². The Hall–Kier alpha value is -1.86. The summed E-state index contributed by atoms with van der Waals surface area (Å²) in [5.74, 6) is 1.36. The molecule has 218 valence electrons. The quantitative estimate of drug-likeness (QED) is 0.437. The van der Waals surface area contributed by atoms with Crippen LogP contribution in [-0.4, -0.2) is 54.0 Å². The van der Waals surface area contributed by atoms with Crippen LogP contribution in [0.25, 0.3) is 0 Å². The number of amides is 1.